The minimum Gasteiger partial charge on any atom is -0.468 e. The van der Waals surface area contributed by atoms with Gasteiger partial charge in [-0.25, -0.2) is 0 Å². The molecule has 82 valence electrons. The minimum absolute atomic E-state index is 0.175. The molecular weight excluding hydrogens is 178 g/mol. The molecule has 0 aliphatic heterocycles. The lowest BCUT2D eigenvalue weighted by Gasteiger charge is -2.08. The van der Waals surface area contributed by atoms with E-state index in [1.54, 1.807) is 0 Å². The van der Waals surface area contributed by atoms with Gasteiger partial charge in [0.15, 0.2) is 0 Å². The maximum Gasteiger partial charge on any atom is 0.319 e. The molecule has 0 heterocycles. The second-order valence-corrected chi connectivity index (χ2v) is 4.05. The van der Waals surface area contributed by atoms with Crippen molar-refractivity contribution in [1.82, 2.24) is 5.32 Å². The summed E-state index contributed by atoms with van der Waals surface area (Å²) < 4.78 is 4.53. The normalized spacial score (nSPS) is 17.2. The predicted molar refractivity (Wildman–Crippen MR) is 56.1 cm³/mol. The molecule has 1 fully saturated rings. The van der Waals surface area contributed by atoms with E-state index in [4.69, 9.17) is 0 Å². The highest BCUT2D eigenvalue weighted by molar-refractivity contribution is 5.71. The van der Waals surface area contributed by atoms with Crippen molar-refractivity contribution in [2.75, 3.05) is 20.2 Å². The molecule has 1 aliphatic carbocycles. The summed E-state index contributed by atoms with van der Waals surface area (Å²) in [5.41, 5.74) is 0. The molecule has 0 saturated heterocycles. The van der Waals surface area contributed by atoms with Crippen LogP contribution in [0.4, 0.5) is 0 Å². The molecule has 0 aromatic heterocycles. The molecule has 0 amide bonds. The Hall–Kier alpha value is -0.570. The van der Waals surface area contributed by atoms with E-state index in [-0.39, 0.29) is 5.97 Å². The molecule has 14 heavy (non-hydrogen) atoms. The van der Waals surface area contributed by atoms with Gasteiger partial charge >= 0.3 is 5.97 Å². The van der Waals surface area contributed by atoms with Gasteiger partial charge in [-0.05, 0) is 25.3 Å². The van der Waals surface area contributed by atoms with Crippen LogP contribution < -0.4 is 5.32 Å². The van der Waals surface area contributed by atoms with Crippen LogP contribution in [-0.2, 0) is 9.53 Å². The number of ether oxygens (including phenoxy) is 1. The summed E-state index contributed by atoms with van der Waals surface area (Å²) in [6, 6.07) is 0. The van der Waals surface area contributed by atoms with E-state index in [2.05, 4.69) is 10.1 Å². The Morgan fingerprint density at radius 3 is 2.79 bits per heavy atom. The maximum absolute atomic E-state index is 10.7. The third-order valence-electron chi connectivity index (χ3n) is 2.94. The van der Waals surface area contributed by atoms with Gasteiger partial charge in [-0.1, -0.05) is 25.7 Å². The van der Waals surface area contributed by atoms with Crippen molar-refractivity contribution in [1.29, 1.82) is 0 Å². The van der Waals surface area contributed by atoms with Gasteiger partial charge in [-0.15, -0.1) is 0 Å². The first-order chi connectivity index (χ1) is 6.83. The lowest BCUT2D eigenvalue weighted by Crippen LogP contribution is -2.25. The van der Waals surface area contributed by atoms with Crippen LogP contribution >= 0.6 is 0 Å². The Bertz CT molecular complexity index is 165. The first kappa shape index (κ1) is 11.5. The zero-order valence-corrected chi connectivity index (χ0v) is 9.05. The zero-order chi connectivity index (χ0) is 10.2. The van der Waals surface area contributed by atoms with E-state index in [0.717, 1.165) is 12.5 Å². The average Bonchev–Trinajstić information content (AvgIpc) is 2.69. The van der Waals surface area contributed by atoms with Crippen molar-refractivity contribution >= 4 is 5.97 Å². The average molecular weight is 199 g/mol. The molecule has 0 atom stereocenters. The molecule has 1 rings (SSSR count). The second kappa shape index (κ2) is 6.82. The number of hydrogen-bond donors (Lipinski definition) is 1. The fourth-order valence-electron chi connectivity index (χ4n) is 2.08. The molecule has 0 aromatic rings. The summed E-state index contributed by atoms with van der Waals surface area (Å²) in [7, 11) is 1.42. The van der Waals surface area contributed by atoms with Crippen LogP contribution in [0.15, 0.2) is 0 Å². The van der Waals surface area contributed by atoms with E-state index >= 15 is 0 Å². The van der Waals surface area contributed by atoms with Gasteiger partial charge in [-0.3, -0.25) is 4.79 Å². The molecule has 0 radical (unpaired) electrons. The summed E-state index contributed by atoms with van der Waals surface area (Å²) >= 11 is 0. The van der Waals surface area contributed by atoms with Crippen molar-refractivity contribution in [3.63, 3.8) is 0 Å². The van der Waals surface area contributed by atoms with E-state index in [0.29, 0.717) is 6.54 Å². The zero-order valence-electron chi connectivity index (χ0n) is 9.05. The Morgan fingerprint density at radius 1 is 1.43 bits per heavy atom. The van der Waals surface area contributed by atoms with Crippen LogP contribution in [0.5, 0.6) is 0 Å². The standard InChI is InChI=1S/C11H21NO2/c1-14-11(13)9-12-8-4-7-10-5-2-3-6-10/h10,12H,2-9H2,1H3. The van der Waals surface area contributed by atoms with Gasteiger partial charge in [0.05, 0.1) is 13.7 Å². The van der Waals surface area contributed by atoms with Crippen LogP contribution in [0.3, 0.4) is 0 Å². The summed E-state index contributed by atoms with van der Waals surface area (Å²) in [6.45, 7) is 1.28. The summed E-state index contributed by atoms with van der Waals surface area (Å²) in [6.07, 6.45) is 8.16. The third-order valence-corrected chi connectivity index (χ3v) is 2.94. The molecular formula is C11H21NO2. The maximum atomic E-state index is 10.7. The van der Waals surface area contributed by atoms with Gasteiger partial charge in [0.25, 0.3) is 0 Å². The Balaban J connectivity index is 1.86. The number of carbonyl (C=O) groups is 1. The number of methoxy groups -OCH3 is 1. The largest absolute Gasteiger partial charge is 0.468 e. The fourth-order valence-corrected chi connectivity index (χ4v) is 2.08. The quantitative estimate of drug-likeness (QED) is 0.523. The molecule has 3 heteroatoms. The van der Waals surface area contributed by atoms with E-state index in [1.807, 2.05) is 0 Å². The molecule has 1 saturated carbocycles. The summed E-state index contributed by atoms with van der Waals surface area (Å²) in [4.78, 5) is 10.7. The summed E-state index contributed by atoms with van der Waals surface area (Å²) in [5, 5.41) is 3.09. The van der Waals surface area contributed by atoms with Crippen LogP contribution in [0.1, 0.15) is 38.5 Å². The summed E-state index contributed by atoms with van der Waals surface area (Å²) in [5.74, 6) is 0.779. The van der Waals surface area contributed by atoms with E-state index in [9.17, 15) is 4.79 Å². The number of hydrogen-bond acceptors (Lipinski definition) is 3. The number of esters is 1. The molecule has 1 N–H and O–H groups in total. The van der Waals surface area contributed by atoms with Crippen LogP contribution in [0, 0.1) is 5.92 Å². The van der Waals surface area contributed by atoms with E-state index in [1.165, 1.54) is 45.6 Å². The van der Waals surface area contributed by atoms with Gasteiger partial charge in [0.2, 0.25) is 0 Å². The van der Waals surface area contributed by atoms with Gasteiger partial charge in [0.1, 0.15) is 0 Å². The van der Waals surface area contributed by atoms with Crippen molar-refractivity contribution < 1.29 is 9.53 Å². The predicted octanol–water partition coefficient (Wildman–Crippen LogP) is 1.72. The highest BCUT2D eigenvalue weighted by atomic mass is 16.5. The van der Waals surface area contributed by atoms with Gasteiger partial charge < -0.3 is 10.1 Å². The van der Waals surface area contributed by atoms with Gasteiger partial charge in [0, 0.05) is 0 Å². The molecule has 1 aliphatic rings. The topological polar surface area (TPSA) is 38.3 Å². The third kappa shape index (κ3) is 4.61. The van der Waals surface area contributed by atoms with Gasteiger partial charge in [-0.2, -0.15) is 0 Å². The molecule has 0 bridgehead atoms. The molecule has 0 aromatic carbocycles. The SMILES string of the molecule is COC(=O)CNCCCC1CCCC1. The lowest BCUT2D eigenvalue weighted by molar-refractivity contribution is -0.139. The Labute approximate surface area is 86.2 Å². The smallest absolute Gasteiger partial charge is 0.319 e. The Morgan fingerprint density at radius 2 is 2.14 bits per heavy atom. The molecule has 0 unspecified atom stereocenters. The fraction of sp³-hybridized carbons (Fsp3) is 0.909. The second-order valence-electron chi connectivity index (χ2n) is 4.05. The Kier molecular flexibility index (Phi) is 5.60. The minimum atomic E-state index is -0.175. The number of rotatable bonds is 6. The number of nitrogens with one attached hydrogen (secondary N) is 1. The molecule has 0 spiro atoms. The van der Waals surface area contributed by atoms with Crippen molar-refractivity contribution in [3.05, 3.63) is 0 Å². The van der Waals surface area contributed by atoms with Crippen LogP contribution in [0.25, 0.3) is 0 Å². The van der Waals surface area contributed by atoms with Crippen molar-refractivity contribution in [2.24, 2.45) is 5.92 Å². The van der Waals surface area contributed by atoms with Crippen LogP contribution in [0.2, 0.25) is 0 Å². The van der Waals surface area contributed by atoms with Crippen molar-refractivity contribution in [3.8, 4) is 0 Å². The highest BCUT2D eigenvalue weighted by Crippen LogP contribution is 2.28. The highest BCUT2D eigenvalue weighted by Gasteiger charge is 2.13. The molecule has 3 nitrogen and oxygen atoms in total. The van der Waals surface area contributed by atoms with Crippen molar-refractivity contribution in [2.45, 2.75) is 38.5 Å². The monoisotopic (exact) mass is 199 g/mol. The number of carbonyl (C=O) groups excluding carboxylic acids is 1. The first-order valence-electron chi connectivity index (χ1n) is 5.60. The first-order valence-corrected chi connectivity index (χ1v) is 5.60. The van der Waals surface area contributed by atoms with E-state index < -0.39 is 0 Å². The van der Waals surface area contributed by atoms with Crippen LogP contribution in [-0.4, -0.2) is 26.2 Å². The lowest BCUT2D eigenvalue weighted by atomic mass is 10.0.